The summed E-state index contributed by atoms with van der Waals surface area (Å²) < 4.78 is 38.4. The molecule has 1 unspecified atom stereocenters. The Hall–Kier alpha value is -0.940. The molecule has 2 rings (SSSR count). The molecule has 0 saturated carbocycles. The van der Waals surface area contributed by atoms with Crippen LogP contribution >= 0.6 is 23.2 Å². The van der Waals surface area contributed by atoms with Crippen LogP contribution in [0, 0.1) is 0 Å². The second-order valence-corrected chi connectivity index (χ2v) is 6.03. The van der Waals surface area contributed by atoms with Crippen LogP contribution in [0.3, 0.4) is 0 Å². The topological polar surface area (TPSA) is 17.8 Å². The molecule has 1 atom stereocenters. The van der Waals surface area contributed by atoms with Crippen molar-refractivity contribution in [3.8, 4) is 0 Å². The number of hydrogen-bond donors (Lipinski definition) is 0. The number of rotatable bonds is 5. The fourth-order valence-corrected chi connectivity index (χ4v) is 2.59. The van der Waals surface area contributed by atoms with E-state index in [1.54, 1.807) is 19.1 Å². The average molecular weight is 339 g/mol. The number of unbranched alkanes of at least 4 members (excludes halogenated alkanes) is 1. The minimum atomic E-state index is -4.10. The van der Waals surface area contributed by atoms with Gasteiger partial charge >= 0.3 is 6.18 Å². The lowest BCUT2D eigenvalue weighted by Crippen LogP contribution is -2.09. The van der Waals surface area contributed by atoms with Crippen molar-refractivity contribution in [3.63, 3.8) is 0 Å². The van der Waals surface area contributed by atoms with Gasteiger partial charge < -0.3 is 4.57 Å². The number of halogens is 5. The summed E-state index contributed by atoms with van der Waals surface area (Å²) in [6, 6.07) is 5.28. The summed E-state index contributed by atoms with van der Waals surface area (Å²) in [4.78, 5) is 4.42. The van der Waals surface area contributed by atoms with Crippen LogP contribution in [0.4, 0.5) is 13.2 Å². The largest absolute Gasteiger partial charge is 0.389 e. The average Bonchev–Trinajstić information content (AvgIpc) is 2.71. The van der Waals surface area contributed by atoms with Gasteiger partial charge in [-0.15, -0.1) is 11.6 Å². The van der Waals surface area contributed by atoms with Gasteiger partial charge in [0.15, 0.2) is 0 Å². The van der Waals surface area contributed by atoms with E-state index in [1.165, 1.54) is 0 Å². The molecular weight excluding hydrogens is 324 g/mol. The lowest BCUT2D eigenvalue weighted by molar-refractivity contribution is -0.135. The summed E-state index contributed by atoms with van der Waals surface area (Å²) in [5, 5.41) is 0.247. The third kappa shape index (κ3) is 4.27. The quantitative estimate of drug-likeness (QED) is 0.503. The van der Waals surface area contributed by atoms with Gasteiger partial charge in [-0.1, -0.05) is 11.6 Å². The van der Waals surface area contributed by atoms with E-state index >= 15 is 0 Å². The number of imidazole rings is 1. The van der Waals surface area contributed by atoms with Gasteiger partial charge in [0.2, 0.25) is 0 Å². The first kappa shape index (κ1) is 16.4. The summed E-state index contributed by atoms with van der Waals surface area (Å²) in [6.07, 6.45) is -4.36. The summed E-state index contributed by atoms with van der Waals surface area (Å²) in [5.74, 6) is 0.654. The van der Waals surface area contributed by atoms with Gasteiger partial charge in [0, 0.05) is 18.0 Å². The highest BCUT2D eigenvalue weighted by atomic mass is 35.5. The van der Waals surface area contributed by atoms with Crippen molar-refractivity contribution in [2.24, 2.45) is 0 Å². The van der Waals surface area contributed by atoms with Crippen LogP contribution in [-0.2, 0) is 6.54 Å². The van der Waals surface area contributed by atoms with Crippen LogP contribution in [-0.4, -0.2) is 15.7 Å². The molecule has 1 aromatic heterocycles. The standard InChI is InChI=1S/C14H15Cl2F3N2/c1-9(15)13-20-11-8-10(16)4-5-12(11)21(13)7-3-2-6-14(17,18)19/h4-5,8-9H,2-3,6-7H2,1H3. The van der Waals surface area contributed by atoms with Gasteiger partial charge in [-0.05, 0) is 38.0 Å². The lowest BCUT2D eigenvalue weighted by atomic mass is 10.2. The van der Waals surface area contributed by atoms with Crippen molar-refractivity contribution >= 4 is 34.2 Å². The fraction of sp³-hybridized carbons (Fsp3) is 0.500. The van der Waals surface area contributed by atoms with Crippen molar-refractivity contribution in [1.82, 2.24) is 9.55 Å². The van der Waals surface area contributed by atoms with E-state index in [2.05, 4.69) is 4.98 Å². The van der Waals surface area contributed by atoms with Crippen LogP contribution in [0.1, 0.15) is 37.4 Å². The Kier molecular flexibility index (Phi) is 5.04. The number of aryl methyl sites for hydroxylation is 1. The lowest BCUT2D eigenvalue weighted by Gasteiger charge is -2.11. The highest BCUT2D eigenvalue weighted by Gasteiger charge is 2.26. The number of benzene rings is 1. The summed E-state index contributed by atoms with van der Waals surface area (Å²) >= 11 is 12.0. The van der Waals surface area contributed by atoms with Crippen molar-refractivity contribution in [1.29, 1.82) is 0 Å². The summed E-state index contributed by atoms with van der Waals surface area (Å²) in [7, 11) is 0. The Balaban J connectivity index is 2.19. The summed E-state index contributed by atoms with van der Waals surface area (Å²) in [5.41, 5.74) is 1.55. The molecule has 1 aromatic carbocycles. The molecule has 0 radical (unpaired) electrons. The number of fused-ring (bicyclic) bond motifs is 1. The number of nitrogens with zero attached hydrogens (tertiary/aromatic N) is 2. The molecule has 0 aliphatic heterocycles. The molecule has 0 amide bonds. The van der Waals surface area contributed by atoms with Crippen molar-refractivity contribution in [2.75, 3.05) is 0 Å². The van der Waals surface area contributed by atoms with Crippen LogP contribution in [0.25, 0.3) is 11.0 Å². The van der Waals surface area contributed by atoms with E-state index < -0.39 is 12.6 Å². The zero-order valence-electron chi connectivity index (χ0n) is 11.4. The molecule has 0 bridgehead atoms. The molecule has 0 aliphatic carbocycles. The number of aromatic nitrogens is 2. The fourth-order valence-electron chi connectivity index (χ4n) is 2.26. The first-order chi connectivity index (χ1) is 9.78. The maximum Gasteiger partial charge on any atom is 0.389 e. The predicted octanol–water partition coefficient (Wildman–Crippen LogP) is 5.72. The number of alkyl halides is 4. The predicted molar refractivity (Wildman–Crippen MR) is 78.9 cm³/mol. The first-order valence-electron chi connectivity index (χ1n) is 6.64. The van der Waals surface area contributed by atoms with E-state index in [-0.39, 0.29) is 11.8 Å². The first-order valence-corrected chi connectivity index (χ1v) is 7.46. The molecule has 2 nitrogen and oxygen atoms in total. The maximum absolute atomic E-state index is 12.2. The summed E-state index contributed by atoms with van der Waals surface area (Å²) in [6.45, 7) is 2.25. The Morgan fingerprint density at radius 3 is 2.62 bits per heavy atom. The van der Waals surface area contributed by atoms with Gasteiger partial charge in [0.25, 0.3) is 0 Å². The Bertz CT molecular complexity index is 620. The molecule has 0 fully saturated rings. The molecule has 0 spiro atoms. The Morgan fingerprint density at radius 2 is 2.00 bits per heavy atom. The molecule has 2 aromatic rings. The third-order valence-electron chi connectivity index (χ3n) is 3.19. The van der Waals surface area contributed by atoms with Crippen molar-refractivity contribution < 1.29 is 13.2 Å². The Labute approximate surface area is 130 Å². The molecule has 0 aliphatic rings. The highest BCUT2D eigenvalue weighted by Crippen LogP contribution is 2.28. The Morgan fingerprint density at radius 1 is 1.29 bits per heavy atom. The third-order valence-corrected chi connectivity index (χ3v) is 3.62. The smallest absolute Gasteiger partial charge is 0.327 e. The van der Waals surface area contributed by atoms with Gasteiger partial charge in [0.1, 0.15) is 5.82 Å². The zero-order valence-corrected chi connectivity index (χ0v) is 12.9. The normalized spacial score (nSPS) is 13.8. The molecule has 21 heavy (non-hydrogen) atoms. The molecule has 7 heteroatoms. The van der Waals surface area contributed by atoms with Gasteiger partial charge in [-0.2, -0.15) is 13.2 Å². The molecular formula is C14H15Cl2F3N2. The van der Waals surface area contributed by atoms with Crippen LogP contribution in [0.5, 0.6) is 0 Å². The van der Waals surface area contributed by atoms with E-state index in [9.17, 15) is 13.2 Å². The monoisotopic (exact) mass is 338 g/mol. The number of hydrogen-bond acceptors (Lipinski definition) is 1. The van der Waals surface area contributed by atoms with Gasteiger partial charge in [-0.3, -0.25) is 0 Å². The highest BCUT2D eigenvalue weighted by molar-refractivity contribution is 6.31. The van der Waals surface area contributed by atoms with E-state index in [0.717, 1.165) is 5.52 Å². The minimum absolute atomic E-state index is 0.0901. The molecule has 0 N–H and O–H groups in total. The molecule has 116 valence electrons. The van der Waals surface area contributed by atoms with Crippen molar-refractivity contribution in [2.45, 2.75) is 44.3 Å². The SMILES string of the molecule is CC(Cl)c1nc2cc(Cl)ccc2n1CCCCC(F)(F)F. The maximum atomic E-state index is 12.2. The van der Waals surface area contributed by atoms with Crippen LogP contribution in [0.2, 0.25) is 5.02 Å². The van der Waals surface area contributed by atoms with Crippen LogP contribution in [0.15, 0.2) is 18.2 Å². The molecule has 1 heterocycles. The van der Waals surface area contributed by atoms with Crippen molar-refractivity contribution in [3.05, 3.63) is 29.0 Å². The second-order valence-electron chi connectivity index (χ2n) is 4.94. The van der Waals surface area contributed by atoms with Gasteiger partial charge in [-0.25, -0.2) is 4.98 Å². The zero-order chi connectivity index (χ0) is 15.6. The minimum Gasteiger partial charge on any atom is -0.327 e. The van der Waals surface area contributed by atoms with Crippen LogP contribution < -0.4 is 0 Å². The molecule has 0 saturated heterocycles. The van der Waals surface area contributed by atoms with Gasteiger partial charge in [0.05, 0.1) is 16.4 Å². The van der Waals surface area contributed by atoms with E-state index in [0.29, 0.717) is 29.3 Å². The second kappa shape index (κ2) is 6.44. The van der Waals surface area contributed by atoms with E-state index in [4.69, 9.17) is 23.2 Å². The van der Waals surface area contributed by atoms with E-state index in [1.807, 2.05) is 10.6 Å².